The molecule has 5 aromatic rings. The molecule has 44 heavy (non-hydrogen) atoms. The van der Waals surface area contributed by atoms with Gasteiger partial charge in [0.2, 0.25) is 5.91 Å². The lowest BCUT2D eigenvalue weighted by atomic mass is 9.97. The lowest BCUT2D eigenvalue weighted by molar-refractivity contribution is -0.137. The molecule has 222 valence electrons. The molecule has 7 heteroatoms. The number of carboxylic acids is 1. The minimum absolute atomic E-state index is 0.0708. The van der Waals surface area contributed by atoms with Gasteiger partial charge in [0.25, 0.3) is 0 Å². The Labute approximate surface area is 256 Å². The van der Waals surface area contributed by atoms with Crippen LogP contribution in [0.1, 0.15) is 39.9 Å². The smallest absolute Gasteiger partial charge is 0.326 e. The summed E-state index contributed by atoms with van der Waals surface area (Å²) in [5.74, 6) is -0.958. The van der Waals surface area contributed by atoms with Crippen LogP contribution < -0.4 is 15.4 Å². The third-order valence-electron chi connectivity index (χ3n) is 7.54. The van der Waals surface area contributed by atoms with Crippen LogP contribution in [0.3, 0.4) is 0 Å². The number of carbonyl (C=O) groups is 3. The van der Waals surface area contributed by atoms with Gasteiger partial charge in [-0.2, -0.15) is 0 Å². The maximum Gasteiger partial charge on any atom is 0.326 e. The van der Waals surface area contributed by atoms with Gasteiger partial charge in [-0.3, -0.25) is 9.59 Å². The molecule has 2 atom stereocenters. The van der Waals surface area contributed by atoms with Gasteiger partial charge in [0.1, 0.15) is 18.4 Å². The van der Waals surface area contributed by atoms with Crippen molar-refractivity contribution in [2.45, 2.75) is 25.3 Å². The highest BCUT2D eigenvalue weighted by atomic mass is 16.5. The molecule has 0 aromatic heterocycles. The van der Waals surface area contributed by atoms with E-state index in [0.717, 1.165) is 21.9 Å². The van der Waals surface area contributed by atoms with Crippen molar-refractivity contribution in [3.63, 3.8) is 0 Å². The minimum atomic E-state index is -1.03. The van der Waals surface area contributed by atoms with Gasteiger partial charge >= 0.3 is 5.97 Å². The summed E-state index contributed by atoms with van der Waals surface area (Å²) in [5.41, 5.74) is 3.15. The number of ether oxygens (including phenoxy) is 1. The lowest BCUT2D eigenvalue weighted by Gasteiger charge is -2.18. The summed E-state index contributed by atoms with van der Waals surface area (Å²) in [6.45, 7) is 2.53. The molecule has 1 amide bonds. The quantitative estimate of drug-likeness (QED) is 0.108. The number of nitrogens with one attached hydrogen (secondary N) is 2. The average Bonchev–Trinajstić information content (AvgIpc) is 3.06. The maximum absolute atomic E-state index is 13.1. The Kier molecular flexibility index (Phi) is 9.67. The Morgan fingerprint density at radius 2 is 1.45 bits per heavy atom. The van der Waals surface area contributed by atoms with Crippen LogP contribution in [0.4, 0.5) is 5.69 Å². The number of ketones is 1. The van der Waals surface area contributed by atoms with Gasteiger partial charge < -0.3 is 20.5 Å². The summed E-state index contributed by atoms with van der Waals surface area (Å²) < 4.78 is 5.80. The Balaban J connectivity index is 1.13. The number of hydrogen-bond donors (Lipinski definition) is 3. The zero-order valence-corrected chi connectivity index (χ0v) is 24.4. The van der Waals surface area contributed by atoms with Gasteiger partial charge in [-0.25, -0.2) is 4.79 Å². The molecule has 0 bridgehead atoms. The van der Waals surface area contributed by atoms with Gasteiger partial charge in [0.15, 0.2) is 5.78 Å². The molecule has 2 unspecified atom stereocenters. The number of para-hydroxylation sites is 1. The van der Waals surface area contributed by atoms with Crippen LogP contribution in [0.5, 0.6) is 5.75 Å². The van der Waals surface area contributed by atoms with Gasteiger partial charge in [0, 0.05) is 23.2 Å². The van der Waals surface area contributed by atoms with E-state index in [4.69, 9.17) is 4.74 Å². The number of benzene rings is 5. The molecule has 5 aromatic carbocycles. The fraction of sp³-hybridized carbons (Fsp3) is 0.162. The molecule has 5 rings (SSSR count). The van der Waals surface area contributed by atoms with E-state index in [1.54, 1.807) is 60.7 Å². The van der Waals surface area contributed by atoms with Crippen LogP contribution >= 0.6 is 0 Å². The third kappa shape index (κ3) is 7.50. The summed E-state index contributed by atoms with van der Waals surface area (Å²) >= 11 is 0. The molecule has 0 radical (unpaired) electrons. The van der Waals surface area contributed by atoms with Gasteiger partial charge in [-0.1, -0.05) is 97.1 Å². The van der Waals surface area contributed by atoms with Crippen molar-refractivity contribution in [2.24, 2.45) is 0 Å². The highest BCUT2D eigenvalue weighted by Gasteiger charge is 2.21. The van der Waals surface area contributed by atoms with Gasteiger partial charge in [-0.05, 0) is 53.1 Å². The fourth-order valence-electron chi connectivity index (χ4n) is 5.02. The number of rotatable bonds is 13. The van der Waals surface area contributed by atoms with Crippen LogP contribution in [-0.4, -0.2) is 42.0 Å². The monoisotopic (exact) mass is 586 g/mol. The van der Waals surface area contributed by atoms with E-state index in [1.165, 1.54) is 0 Å². The summed E-state index contributed by atoms with van der Waals surface area (Å²) in [5, 5.41) is 18.2. The first-order valence-electron chi connectivity index (χ1n) is 14.6. The first-order chi connectivity index (χ1) is 21.4. The molecule has 7 nitrogen and oxygen atoms in total. The first-order valence-corrected chi connectivity index (χ1v) is 14.6. The van der Waals surface area contributed by atoms with E-state index < -0.39 is 12.0 Å². The topological polar surface area (TPSA) is 105 Å². The molecule has 0 spiro atoms. The second-order valence-electron chi connectivity index (χ2n) is 10.6. The Hall–Kier alpha value is -5.43. The highest BCUT2D eigenvalue weighted by molar-refractivity contribution is 6.12. The molecule has 0 aliphatic rings. The van der Waals surface area contributed by atoms with E-state index in [0.29, 0.717) is 35.7 Å². The van der Waals surface area contributed by atoms with Gasteiger partial charge in [-0.15, -0.1) is 0 Å². The molecule has 0 heterocycles. The number of aliphatic carboxylic acids is 1. The Morgan fingerprint density at radius 3 is 2.20 bits per heavy atom. The van der Waals surface area contributed by atoms with Crippen molar-refractivity contribution in [2.75, 3.05) is 18.5 Å². The fourth-order valence-corrected chi connectivity index (χ4v) is 5.02. The molecule has 0 aliphatic carbocycles. The second-order valence-corrected chi connectivity index (χ2v) is 10.6. The van der Waals surface area contributed by atoms with Crippen molar-refractivity contribution < 1.29 is 24.2 Å². The summed E-state index contributed by atoms with van der Waals surface area (Å²) in [6.07, 6.45) is 0.201. The van der Waals surface area contributed by atoms with Gasteiger partial charge in [0.05, 0.1) is 12.5 Å². The molecule has 0 saturated carbocycles. The van der Waals surface area contributed by atoms with E-state index >= 15 is 0 Å². The highest BCUT2D eigenvalue weighted by Crippen LogP contribution is 2.23. The minimum Gasteiger partial charge on any atom is -0.492 e. The zero-order valence-electron chi connectivity index (χ0n) is 24.4. The number of carboxylic acid groups (broad SMARTS) is 1. The molecule has 3 N–H and O–H groups in total. The van der Waals surface area contributed by atoms with Crippen molar-refractivity contribution >= 4 is 34.1 Å². The number of amides is 1. The average molecular weight is 587 g/mol. The summed E-state index contributed by atoms with van der Waals surface area (Å²) in [4.78, 5) is 37.9. The van der Waals surface area contributed by atoms with Crippen molar-refractivity contribution in [1.82, 2.24) is 5.32 Å². The van der Waals surface area contributed by atoms with Crippen molar-refractivity contribution in [1.29, 1.82) is 0 Å². The van der Waals surface area contributed by atoms with Crippen LogP contribution in [0.2, 0.25) is 0 Å². The second kappa shape index (κ2) is 14.2. The van der Waals surface area contributed by atoms with E-state index in [2.05, 4.69) is 10.6 Å². The van der Waals surface area contributed by atoms with Crippen LogP contribution in [0.25, 0.3) is 10.8 Å². The predicted molar refractivity (Wildman–Crippen MR) is 172 cm³/mol. The number of carbonyl (C=O) groups excluding carboxylic acids is 2. The lowest BCUT2D eigenvalue weighted by Crippen LogP contribution is -2.32. The van der Waals surface area contributed by atoms with E-state index in [-0.39, 0.29) is 24.0 Å². The number of hydrogen-bond acceptors (Lipinski definition) is 5. The third-order valence-corrected chi connectivity index (χ3v) is 7.54. The largest absolute Gasteiger partial charge is 0.492 e. The predicted octanol–water partition coefficient (Wildman–Crippen LogP) is 6.48. The first kappa shape index (κ1) is 30.0. The zero-order chi connectivity index (χ0) is 30.9. The van der Waals surface area contributed by atoms with E-state index in [9.17, 15) is 19.5 Å². The molecule has 0 aliphatic heterocycles. The normalized spacial score (nSPS) is 12.2. The van der Waals surface area contributed by atoms with Crippen molar-refractivity contribution in [3.05, 3.63) is 144 Å². The van der Waals surface area contributed by atoms with Crippen LogP contribution in [0, 0.1) is 0 Å². The maximum atomic E-state index is 13.1. The SMILES string of the molecule is CC(C(=O)NCCOc1ccc(CC(Nc2ccccc2C(=O)c2ccccc2)C(=O)O)cc1)c1ccc2ccccc2c1. The Bertz CT molecular complexity index is 1750. The van der Waals surface area contributed by atoms with Crippen molar-refractivity contribution in [3.8, 4) is 5.75 Å². The van der Waals surface area contributed by atoms with Crippen LogP contribution in [0.15, 0.2) is 121 Å². The Morgan fingerprint density at radius 1 is 0.773 bits per heavy atom. The number of fused-ring (bicyclic) bond motifs is 1. The molecule has 0 saturated heterocycles. The van der Waals surface area contributed by atoms with E-state index in [1.807, 2.05) is 67.6 Å². The standard InChI is InChI=1S/C37H34N2O5/c1-25(29-18-17-27-9-5-6-12-30(27)24-29)36(41)38-21-22-44-31-19-15-26(16-20-31)23-34(37(42)43)39-33-14-8-7-13-32(33)35(40)28-10-3-2-4-11-28/h2-20,24-25,34,39H,21-23H2,1H3,(H,38,41)(H,42,43). The molecule has 0 fully saturated rings. The molecular formula is C37H34N2O5. The molecular weight excluding hydrogens is 552 g/mol. The summed E-state index contributed by atoms with van der Waals surface area (Å²) in [6, 6.07) is 36.2. The summed E-state index contributed by atoms with van der Waals surface area (Å²) in [7, 11) is 0. The van der Waals surface area contributed by atoms with Crippen LogP contribution in [-0.2, 0) is 16.0 Å². The number of anilines is 1.